The molecule has 0 saturated heterocycles. The van der Waals surface area contributed by atoms with Gasteiger partial charge < -0.3 is 14.6 Å². The van der Waals surface area contributed by atoms with Crippen molar-refractivity contribution in [3.8, 4) is 0 Å². The Bertz CT molecular complexity index is 325. The lowest BCUT2D eigenvalue weighted by atomic mass is 9.80. The molecule has 4 nitrogen and oxygen atoms in total. The Balaban J connectivity index is 2.00. The number of ether oxygens (including phenoxy) is 1. The van der Waals surface area contributed by atoms with E-state index in [0.29, 0.717) is 0 Å². The lowest BCUT2D eigenvalue weighted by molar-refractivity contribution is -0.0839. The summed E-state index contributed by atoms with van der Waals surface area (Å²) in [6, 6.07) is 0. The highest BCUT2D eigenvalue weighted by Crippen LogP contribution is 2.36. The Morgan fingerprint density at radius 3 is 2.94 bits per heavy atom. The third-order valence-electron chi connectivity index (χ3n) is 3.51. The zero-order chi connectivity index (χ0) is 11.4. The molecule has 1 fully saturated rings. The van der Waals surface area contributed by atoms with E-state index in [1.807, 2.05) is 19.6 Å². The molecular formula is C12H21N3O. The van der Waals surface area contributed by atoms with Gasteiger partial charge in [0.2, 0.25) is 0 Å². The van der Waals surface area contributed by atoms with E-state index in [1.54, 1.807) is 0 Å². The number of imidazole rings is 1. The number of rotatable bonds is 6. The van der Waals surface area contributed by atoms with Crippen LogP contribution in [0.4, 0.5) is 0 Å². The van der Waals surface area contributed by atoms with Gasteiger partial charge in [-0.15, -0.1) is 0 Å². The summed E-state index contributed by atoms with van der Waals surface area (Å²) < 4.78 is 7.85. The van der Waals surface area contributed by atoms with Crippen LogP contribution in [0.25, 0.3) is 0 Å². The Hall–Kier alpha value is -0.870. The minimum absolute atomic E-state index is 0.0711. The standard InChI is InChI=1S/C12H21N3O/c1-3-13-7-11-8-14-10-15(11)9-12(16-2)5-4-6-12/h8,10,13H,3-7,9H2,1-2H3. The molecule has 0 aliphatic heterocycles. The first-order valence-electron chi connectivity index (χ1n) is 6.04. The van der Waals surface area contributed by atoms with E-state index >= 15 is 0 Å². The number of hydrogen-bond acceptors (Lipinski definition) is 3. The summed E-state index contributed by atoms with van der Waals surface area (Å²) in [5.41, 5.74) is 1.31. The van der Waals surface area contributed by atoms with Crippen molar-refractivity contribution >= 4 is 0 Å². The molecule has 4 heteroatoms. The predicted octanol–water partition coefficient (Wildman–Crippen LogP) is 1.56. The largest absolute Gasteiger partial charge is 0.376 e. The molecule has 0 unspecified atom stereocenters. The second kappa shape index (κ2) is 4.97. The Morgan fingerprint density at radius 2 is 2.38 bits per heavy atom. The van der Waals surface area contributed by atoms with Crippen LogP contribution in [0.1, 0.15) is 31.9 Å². The second-order valence-electron chi connectivity index (χ2n) is 4.53. The van der Waals surface area contributed by atoms with Crippen LogP contribution in [-0.2, 0) is 17.8 Å². The fourth-order valence-electron chi connectivity index (χ4n) is 2.20. The van der Waals surface area contributed by atoms with Crippen molar-refractivity contribution < 1.29 is 4.74 Å². The lowest BCUT2D eigenvalue weighted by Crippen LogP contribution is -2.43. The molecule has 1 aliphatic rings. The highest BCUT2D eigenvalue weighted by molar-refractivity contribution is 5.01. The first-order valence-corrected chi connectivity index (χ1v) is 6.04. The van der Waals surface area contributed by atoms with E-state index < -0.39 is 0 Å². The van der Waals surface area contributed by atoms with Gasteiger partial charge in [0, 0.05) is 19.9 Å². The molecule has 16 heavy (non-hydrogen) atoms. The molecule has 0 radical (unpaired) electrons. The van der Waals surface area contributed by atoms with Gasteiger partial charge in [-0.2, -0.15) is 0 Å². The van der Waals surface area contributed by atoms with Crippen LogP contribution in [0.3, 0.4) is 0 Å². The lowest BCUT2D eigenvalue weighted by Gasteiger charge is -2.41. The molecule has 0 atom stereocenters. The quantitative estimate of drug-likeness (QED) is 0.795. The second-order valence-corrected chi connectivity index (χ2v) is 4.53. The first-order chi connectivity index (χ1) is 7.79. The number of nitrogens with zero attached hydrogens (tertiary/aromatic N) is 2. The number of hydrogen-bond donors (Lipinski definition) is 1. The summed E-state index contributed by atoms with van der Waals surface area (Å²) >= 11 is 0. The van der Waals surface area contributed by atoms with Crippen molar-refractivity contribution in [3.05, 3.63) is 18.2 Å². The highest BCUT2D eigenvalue weighted by atomic mass is 16.5. The number of nitrogens with one attached hydrogen (secondary N) is 1. The van der Waals surface area contributed by atoms with E-state index in [1.165, 1.54) is 25.0 Å². The predicted molar refractivity (Wildman–Crippen MR) is 63.2 cm³/mol. The molecule has 0 spiro atoms. The van der Waals surface area contributed by atoms with Crippen LogP contribution in [0.15, 0.2) is 12.5 Å². The maximum atomic E-state index is 5.64. The van der Waals surface area contributed by atoms with Crippen molar-refractivity contribution in [3.63, 3.8) is 0 Å². The molecule has 90 valence electrons. The van der Waals surface area contributed by atoms with Gasteiger partial charge >= 0.3 is 0 Å². The van der Waals surface area contributed by atoms with Crippen LogP contribution in [0, 0.1) is 0 Å². The summed E-state index contributed by atoms with van der Waals surface area (Å²) in [6.07, 6.45) is 7.46. The summed E-state index contributed by atoms with van der Waals surface area (Å²) in [7, 11) is 1.82. The third kappa shape index (κ3) is 2.28. The maximum Gasteiger partial charge on any atom is 0.0949 e. The van der Waals surface area contributed by atoms with Gasteiger partial charge in [0.05, 0.1) is 24.2 Å². The molecule has 0 amide bonds. The summed E-state index contributed by atoms with van der Waals surface area (Å²) in [5.74, 6) is 0. The average Bonchev–Trinajstić information content (AvgIpc) is 2.68. The van der Waals surface area contributed by atoms with Gasteiger partial charge in [0.1, 0.15) is 0 Å². The molecule has 1 N–H and O–H groups in total. The molecule has 0 aromatic carbocycles. The molecule has 1 aromatic rings. The highest BCUT2D eigenvalue weighted by Gasteiger charge is 2.37. The van der Waals surface area contributed by atoms with Gasteiger partial charge in [-0.05, 0) is 25.8 Å². The van der Waals surface area contributed by atoms with Crippen molar-refractivity contribution in [2.45, 2.75) is 44.9 Å². The number of methoxy groups -OCH3 is 1. The van der Waals surface area contributed by atoms with E-state index in [2.05, 4.69) is 21.8 Å². The fraction of sp³-hybridized carbons (Fsp3) is 0.750. The van der Waals surface area contributed by atoms with E-state index in [4.69, 9.17) is 4.74 Å². The van der Waals surface area contributed by atoms with Crippen LogP contribution in [0.2, 0.25) is 0 Å². The molecule has 1 aromatic heterocycles. The van der Waals surface area contributed by atoms with Crippen molar-refractivity contribution in [1.82, 2.24) is 14.9 Å². The van der Waals surface area contributed by atoms with Gasteiger partial charge in [-0.1, -0.05) is 6.92 Å². The van der Waals surface area contributed by atoms with E-state index in [9.17, 15) is 0 Å². The molecule has 0 bridgehead atoms. The van der Waals surface area contributed by atoms with Crippen molar-refractivity contribution in [1.29, 1.82) is 0 Å². The van der Waals surface area contributed by atoms with Gasteiger partial charge in [0.15, 0.2) is 0 Å². The number of aromatic nitrogens is 2. The molecule has 1 heterocycles. The molecular weight excluding hydrogens is 202 g/mol. The monoisotopic (exact) mass is 223 g/mol. The maximum absolute atomic E-state index is 5.64. The Morgan fingerprint density at radius 1 is 1.56 bits per heavy atom. The SMILES string of the molecule is CCNCc1cncn1CC1(OC)CCC1. The van der Waals surface area contributed by atoms with Crippen molar-refractivity contribution in [2.24, 2.45) is 0 Å². The van der Waals surface area contributed by atoms with Crippen LogP contribution < -0.4 is 5.32 Å². The van der Waals surface area contributed by atoms with Gasteiger partial charge in [-0.25, -0.2) is 4.98 Å². The van der Waals surface area contributed by atoms with Crippen LogP contribution >= 0.6 is 0 Å². The Labute approximate surface area is 97.0 Å². The normalized spacial score (nSPS) is 18.4. The van der Waals surface area contributed by atoms with Gasteiger partial charge in [0.25, 0.3) is 0 Å². The van der Waals surface area contributed by atoms with Crippen LogP contribution in [-0.4, -0.2) is 28.8 Å². The van der Waals surface area contributed by atoms with E-state index in [-0.39, 0.29) is 5.60 Å². The van der Waals surface area contributed by atoms with Gasteiger partial charge in [-0.3, -0.25) is 0 Å². The summed E-state index contributed by atoms with van der Waals surface area (Å²) in [6.45, 7) is 4.92. The average molecular weight is 223 g/mol. The summed E-state index contributed by atoms with van der Waals surface area (Å²) in [5, 5.41) is 3.33. The van der Waals surface area contributed by atoms with E-state index in [0.717, 1.165) is 19.6 Å². The molecule has 1 saturated carbocycles. The third-order valence-corrected chi connectivity index (χ3v) is 3.51. The van der Waals surface area contributed by atoms with Crippen LogP contribution in [0.5, 0.6) is 0 Å². The topological polar surface area (TPSA) is 39.1 Å². The fourth-order valence-corrected chi connectivity index (χ4v) is 2.20. The molecule has 1 aliphatic carbocycles. The Kier molecular flexibility index (Phi) is 3.61. The minimum atomic E-state index is 0.0711. The molecule has 2 rings (SSSR count). The smallest absolute Gasteiger partial charge is 0.0949 e. The zero-order valence-electron chi connectivity index (χ0n) is 10.2. The van der Waals surface area contributed by atoms with Crippen molar-refractivity contribution in [2.75, 3.05) is 13.7 Å². The minimum Gasteiger partial charge on any atom is -0.376 e. The summed E-state index contributed by atoms with van der Waals surface area (Å²) in [4.78, 5) is 4.22. The zero-order valence-corrected chi connectivity index (χ0v) is 10.2. The first kappa shape index (κ1) is 11.6.